The standard InChI is InChI=1S/C21H24N2/c1-16-11-12-19(13-17(16)2)21(18-7-4-3-5-8-18)10-6-9-20-14-22-15-23-20/h3-5,7-8,11-15,21H,6,9-10H2,1-2H3,(H,22,23). The fourth-order valence-electron chi connectivity index (χ4n) is 3.11. The minimum atomic E-state index is 0.453. The Morgan fingerprint density at radius 1 is 0.957 bits per heavy atom. The summed E-state index contributed by atoms with van der Waals surface area (Å²) in [4.78, 5) is 7.36. The van der Waals surface area contributed by atoms with E-state index >= 15 is 0 Å². The number of aryl methyl sites for hydroxylation is 3. The lowest BCUT2D eigenvalue weighted by molar-refractivity contribution is 0.655. The molecular weight excluding hydrogens is 280 g/mol. The van der Waals surface area contributed by atoms with Crippen LogP contribution >= 0.6 is 0 Å². The van der Waals surface area contributed by atoms with E-state index in [1.807, 2.05) is 6.20 Å². The summed E-state index contributed by atoms with van der Waals surface area (Å²) in [5, 5.41) is 0. The van der Waals surface area contributed by atoms with Crippen LogP contribution in [0.4, 0.5) is 0 Å². The van der Waals surface area contributed by atoms with Crippen LogP contribution in [0.5, 0.6) is 0 Å². The second kappa shape index (κ2) is 7.28. The van der Waals surface area contributed by atoms with Crippen molar-refractivity contribution in [3.63, 3.8) is 0 Å². The summed E-state index contributed by atoms with van der Waals surface area (Å²) in [6.45, 7) is 4.37. The highest BCUT2D eigenvalue weighted by Crippen LogP contribution is 2.30. The van der Waals surface area contributed by atoms with Gasteiger partial charge in [0.15, 0.2) is 0 Å². The van der Waals surface area contributed by atoms with Crippen LogP contribution in [0.2, 0.25) is 0 Å². The molecule has 1 heterocycles. The number of H-pyrrole nitrogens is 1. The molecule has 0 radical (unpaired) electrons. The maximum Gasteiger partial charge on any atom is 0.0923 e. The number of aromatic nitrogens is 2. The van der Waals surface area contributed by atoms with Gasteiger partial charge in [-0.2, -0.15) is 0 Å². The summed E-state index contributed by atoms with van der Waals surface area (Å²) >= 11 is 0. The number of hydrogen-bond donors (Lipinski definition) is 1. The molecule has 3 aromatic rings. The second-order valence-corrected chi connectivity index (χ2v) is 6.26. The molecule has 1 atom stereocenters. The molecule has 0 bridgehead atoms. The average molecular weight is 304 g/mol. The monoisotopic (exact) mass is 304 g/mol. The lowest BCUT2D eigenvalue weighted by atomic mass is 9.85. The third kappa shape index (κ3) is 3.89. The van der Waals surface area contributed by atoms with Crippen molar-refractivity contribution in [3.8, 4) is 0 Å². The van der Waals surface area contributed by atoms with Gasteiger partial charge in [-0.3, -0.25) is 0 Å². The number of imidazole rings is 1. The van der Waals surface area contributed by atoms with E-state index in [0.29, 0.717) is 5.92 Å². The van der Waals surface area contributed by atoms with Crippen LogP contribution in [-0.2, 0) is 6.42 Å². The topological polar surface area (TPSA) is 28.7 Å². The summed E-state index contributed by atoms with van der Waals surface area (Å²) < 4.78 is 0. The highest BCUT2D eigenvalue weighted by Gasteiger charge is 2.14. The number of nitrogens with one attached hydrogen (secondary N) is 1. The van der Waals surface area contributed by atoms with Gasteiger partial charge in [0.1, 0.15) is 0 Å². The van der Waals surface area contributed by atoms with Gasteiger partial charge in [-0.15, -0.1) is 0 Å². The largest absolute Gasteiger partial charge is 0.351 e. The highest BCUT2D eigenvalue weighted by molar-refractivity contribution is 5.37. The average Bonchev–Trinajstić information content (AvgIpc) is 3.09. The van der Waals surface area contributed by atoms with Crippen LogP contribution in [0.15, 0.2) is 61.1 Å². The van der Waals surface area contributed by atoms with E-state index in [4.69, 9.17) is 0 Å². The van der Waals surface area contributed by atoms with Crippen molar-refractivity contribution < 1.29 is 0 Å². The predicted octanol–water partition coefficient (Wildman–Crippen LogP) is 5.18. The Balaban J connectivity index is 1.80. The number of nitrogens with zero attached hydrogens (tertiary/aromatic N) is 1. The molecule has 0 aliphatic rings. The van der Waals surface area contributed by atoms with E-state index in [1.54, 1.807) is 6.33 Å². The van der Waals surface area contributed by atoms with Gasteiger partial charge in [-0.05, 0) is 55.4 Å². The van der Waals surface area contributed by atoms with Crippen LogP contribution < -0.4 is 0 Å². The van der Waals surface area contributed by atoms with E-state index in [-0.39, 0.29) is 0 Å². The molecule has 0 spiro atoms. The van der Waals surface area contributed by atoms with Crippen molar-refractivity contribution in [1.82, 2.24) is 9.97 Å². The van der Waals surface area contributed by atoms with Crippen molar-refractivity contribution in [1.29, 1.82) is 0 Å². The van der Waals surface area contributed by atoms with E-state index in [2.05, 4.69) is 72.3 Å². The Kier molecular flexibility index (Phi) is 4.92. The zero-order valence-electron chi connectivity index (χ0n) is 13.9. The van der Waals surface area contributed by atoms with Gasteiger partial charge in [0.05, 0.1) is 12.0 Å². The van der Waals surface area contributed by atoms with Gasteiger partial charge in [-0.1, -0.05) is 48.5 Å². The minimum Gasteiger partial charge on any atom is -0.351 e. The van der Waals surface area contributed by atoms with Gasteiger partial charge in [0.2, 0.25) is 0 Å². The van der Waals surface area contributed by atoms with Crippen LogP contribution in [0.3, 0.4) is 0 Å². The first-order valence-corrected chi connectivity index (χ1v) is 8.34. The molecule has 3 rings (SSSR count). The maximum absolute atomic E-state index is 4.33. The lowest BCUT2D eigenvalue weighted by Gasteiger charge is -2.19. The lowest BCUT2D eigenvalue weighted by Crippen LogP contribution is -2.03. The van der Waals surface area contributed by atoms with Crippen LogP contribution in [0, 0.1) is 13.8 Å². The third-order valence-corrected chi connectivity index (χ3v) is 4.62. The van der Waals surface area contributed by atoms with E-state index in [0.717, 1.165) is 25.0 Å². The molecule has 2 aromatic carbocycles. The van der Waals surface area contributed by atoms with Crippen molar-refractivity contribution in [3.05, 3.63) is 89.0 Å². The number of benzene rings is 2. The van der Waals surface area contributed by atoms with E-state index in [1.165, 1.54) is 22.3 Å². The first-order chi connectivity index (χ1) is 11.2. The summed E-state index contributed by atoms with van der Waals surface area (Å²) in [5.41, 5.74) is 6.70. The van der Waals surface area contributed by atoms with Gasteiger partial charge in [0.25, 0.3) is 0 Å². The smallest absolute Gasteiger partial charge is 0.0923 e. The third-order valence-electron chi connectivity index (χ3n) is 4.62. The number of hydrogen-bond acceptors (Lipinski definition) is 1. The first kappa shape index (κ1) is 15.5. The summed E-state index contributed by atoms with van der Waals surface area (Å²) in [6, 6.07) is 17.7. The Bertz CT molecular complexity index is 730. The van der Waals surface area contributed by atoms with Crippen LogP contribution in [-0.4, -0.2) is 9.97 Å². The Morgan fingerprint density at radius 3 is 2.48 bits per heavy atom. The molecule has 0 aliphatic heterocycles. The zero-order valence-corrected chi connectivity index (χ0v) is 13.9. The molecule has 0 saturated heterocycles. The molecule has 1 N–H and O–H groups in total. The zero-order chi connectivity index (χ0) is 16.1. The highest BCUT2D eigenvalue weighted by atomic mass is 14.9. The number of rotatable bonds is 6. The maximum atomic E-state index is 4.33. The van der Waals surface area contributed by atoms with Gasteiger partial charge >= 0.3 is 0 Å². The fraction of sp³-hybridized carbons (Fsp3) is 0.286. The summed E-state index contributed by atoms with van der Waals surface area (Å²) in [7, 11) is 0. The molecule has 2 heteroatoms. The normalized spacial score (nSPS) is 12.3. The molecule has 118 valence electrons. The molecule has 0 aliphatic carbocycles. The Hall–Kier alpha value is -2.35. The predicted molar refractivity (Wildman–Crippen MR) is 95.7 cm³/mol. The van der Waals surface area contributed by atoms with Crippen molar-refractivity contribution >= 4 is 0 Å². The summed E-state index contributed by atoms with van der Waals surface area (Å²) in [6.07, 6.45) is 7.05. The molecular formula is C21H24N2. The summed E-state index contributed by atoms with van der Waals surface area (Å²) in [5.74, 6) is 0.453. The molecule has 23 heavy (non-hydrogen) atoms. The van der Waals surface area contributed by atoms with Gasteiger partial charge in [-0.25, -0.2) is 4.98 Å². The van der Waals surface area contributed by atoms with Crippen molar-refractivity contribution in [2.45, 2.75) is 39.0 Å². The van der Waals surface area contributed by atoms with Gasteiger partial charge in [0, 0.05) is 12.1 Å². The SMILES string of the molecule is Cc1ccc(C(CCCc2c[nH]cn2)c2ccccc2)cc1C. The van der Waals surface area contributed by atoms with Crippen molar-refractivity contribution in [2.24, 2.45) is 0 Å². The number of aromatic amines is 1. The molecule has 2 nitrogen and oxygen atoms in total. The van der Waals surface area contributed by atoms with Crippen molar-refractivity contribution in [2.75, 3.05) is 0 Å². The van der Waals surface area contributed by atoms with E-state index in [9.17, 15) is 0 Å². The fourth-order valence-corrected chi connectivity index (χ4v) is 3.11. The molecule has 1 unspecified atom stereocenters. The van der Waals surface area contributed by atoms with Crippen LogP contribution in [0.25, 0.3) is 0 Å². The van der Waals surface area contributed by atoms with E-state index < -0.39 is 0 Å². The molecule has 1 aromatic heterocycles. The Labute approximate surface area is 138 Å². The second-order valence-electron chi connectivity index (χ2n) is 6.26. The minimum absolute atomic E-state index is 0.453. The molecule has 0 amide bonds. The first-order valence-electron chi connectivity index (χ1n) is 8.34. The quantitative estimate of drug-likeness (QED) is 0.667. The molecule has 0 saturated carbocycles. The van der Waals surface area contributed by atoms with Gasteiger partial charge < -0.3 is 4.98 Å². The molecule has 0 fully saturated rings. The Morgan fingerprint density at radius 2 is 1.78 bits per heavy atom. The van der Waals surface area contributed by atoms with Crippen LogP contribution in [0.1, 0.15) is 46.7 Å².